The first-order valence-electron chi connectivity index (χ1n) is 9.19. The number of hydrogen-bond donors (Lipinski definition) is 1. The molecule has 1 rings (SSSR count). The Bertz CT molecular complexity index is 476. The summed E-state index contributed by atoms with van der Waals surface area (Å²) in [7, 11) is 0. The van der Waals surface area contributed by atoms with Crippen LogP contribution in [0.15, 0.2) is 0 Å². The SMILES string of the molecule is CCCC(C)(C)c1nc(C(C)(C)CC)[nH]c1C(C)(CC)CC. The molecule has 0 aliphatic heterocycles. The number of imidazole rings is 1. The highest BCUT2D eigenvalue weighted by Gasteiger charge is 2.37. The minimum Gasteiger partial charge on any atom is -0.345 e. The lowest BCUT2D eigenvalue weighted by Gasteiger charge is -2.31. The molecule has 2 heteroatoms. The smallest absolute Gasteiger partial charge is 0.112 e. The van der Waals surface area contributed by atoms with Gasteiger partial charge in [0.1, 0.15) is 5.82 Å². The van der Waals surface area contributed by atoms with Gasteiger partial charge >= 0.3 is 0 Å². The van der Waals surface area contributed by atoms with Gasteiger partial charge in [-0.2, -0.15) is 0 Å². The summed E-state index contributed by atoms with van der Waals surface area (Å²) >= 11 is 0. The van der Waals surface area contributed by atoms with Crippen molar-refractivity contribution in [2.45, 2.75) is 111 Å². The van der Waals surface area contributed by atoms with E-state index in [4.69, 9.17) is 4.98 Å². The predicted octanol–water partition coefficient (Wildman–Crippen LogP) is 6.25. The Hall–Kier alpha value is -0.790. The number of aromatic nitrogens is 2. The molecule has 0 amide bonds. The van der Waals surface area contributed by atoms with Gasteiger partial charge in [0.2, 0.25) is 0 Å². The van der Waals surface area contributed by atoms with Crippen LogP contribution < -0.4 is 0 Å². The van der Waals surface area contributed by atoms with E-state index in [1.54, 1.807) is 0 Å². The normalized spacial score (nSPS) is 13.7. The van der Waals surface area contributed by atoms with Crippen molar-refractivity contribution >= 4 is 0 Å². The highest BCUT2D eigenvalue weighted by atomic mass is 15.0. The van der Waals surface area contributed by atoms with Crippen molar-refractivity contribution in [3.8, 4) is 0 Å². The van der Waals surface area contributed by atoms with Crippen LogP contribution in [0.3, 0.4) is 0 Å². The standard InChI is InChI=1S/C20H38N2/c1-10-14-19(7,8)15-16(20(9,12-3)13-4)22-17(21-15)18(5,6)11-2/h10-14H2,1-9H3,(H,21,22). The molecule has 0 saturated carbocycles. The average molecular weight is 307 g/mol. The lowest BCUT2D eigenvalue weighted by molar-refractivity contribution is 0.395. The molecule has 0 bridgehead atoms. The number of aromatic amines is 1. The van der Waals surface area contributed by atoms with Crippen LogP contribution in [0.5, 0.6) is 0 Å². The van der Waals surface area contributed by atoms with Gasteiger partial charge in [-0.15, -0.1) is 0 Å². The van der Waals surface area contributed by atoms with Crippen LogP contribution in [-0.4, -0.2) is 9.97 Å². The van der Waals surface area contributed by atoms with Crippen LogP contribution in [0.2, 0.25) is 0 Å². The van der Waals surface area contributed by atoms with Crippen molar-refractivity contribution in [2.75, 3.05) is 0 Å². The third kappa shape index (κ3) is 3.58. The first-order valence-corrected chi connectivity index (χ1v) is 9.19. The average Bonchev–Trinajstić information content (AvgIpc) is 2.94. The van der Waals surface area contributed by atoms with Gasteiger partial charge < -0.3 is 4.98 Å². The van der Waals surface area contributed by atoms with Crippen LogP contribution in [-0.2, 0) is 16.2 Å². The van der Waals surface area contributed by atoms with E-state index in [-0.39, 0.29) is 16.2 Å². The van der Waals surface area contributed by atoms with Crippen molar-refractivity contribution < 1.29 is 0 Å². The van der Waals surface area contributed by atoms with Gasteiger partial charge in [0.15, 0.2) is 0 Å². The molecule has 0 aliphatic rings. The van der Waals surface area contributed by atoms with E-state index >= 15 is 0 Å². The Morgan fingerprint density at radius 3 is 1.77 bits per heavy atom. The van der Waals surface area contributed by atoms with Crippen LogP contribution in [0.1, 0.15) is 112 Å². The molecule has 2 nitrogen and oxygen atoms in total. The maximum absolute atomic E-state index is 5.15. The van der Waals surface area contributed by atoms with Crippen molar-refractivity contribution in [3.05, 3.63) is 17.2 Å². The Labute approximate surface area is 138 Å². The summed E-state index contributed by atoms with van der Waals surface area (Å²) in [5.41, 5.74) is 3.12. The number of nitrogens with zero attached hydrogens (tertiary/aromatic N) is 1. The first-order chi connectivity index (χ1) is 10.1. The molecule has 0 aromatic carbocycles. The molecule has 0 fully saturated rings. The van der Waals surface area contributed by atoms with Gasteiger partial charge in [-0.1, -0.05) is 68.7 Å². The molecule has 1 aromatic heterocycles. The van der Waals surface area contributed by atoms with E-state index in [9.17, 15) is 0 Å². The fraction of sp³-hybridized carbons (Fsp3) is 0.850. The zero-order valence-corrected chi connectivity index (χ0v) is 16.5. The zero-order valence-electron chi connectivity index (χ0n) is 16.5. The van der Waals surface area contributed by atoms with Crippen molar-refractivity contribution in [1.82, 2.24) is 9.97 Å². The second-order valence-electron chi connectivity index (χ2n) is 8.45. The predicted molar refractivity (Wildman–Crippen MR) is 97.8 cm³/mol. The highest BCUT2D eigenvalue weighted by molar-refractivity contribution is 5.31. The number of H-pyrrole nitrogens is 1. The van der Waals surface area contributed by atoms with E-state index in [1.165, 1.54) is 24.2 Å². The maximum atomic E-state index is 5.15. The van der Waals surface area contributed by atoms with E-state index in [0.717, 1.165) is 25.1 Å². The van der Waals surface area contributed by atoms with Crippen LogP contribution in [0.4, 0.5) is 0 Å². The zero-order chi connectivity index (χ0) is 17.2. The summed E-state index contributed by atoms with van der Waals surface area (Å²) in [6.07, 6.45) is 5.77. The molecule has 0 radical (unpaired) electrons. The molecule has 1 aromatic rings. The molecule has 0 spiro atoms. The largest absolute Gasteiger partial charge is 0.345 e. The van der Waals surface area contributed by atoms with E-state index < -0.39 is 0 Å². The van der Waals surface area contributed by atoms with Crippen LogP contribution in [0, 0.1) is 0 Å². The molecule has 0 atom stereocenters. The van der Waals surface area contributed by atoms with Gasteiger partial charge in [-0.3, -0.25) is 0 Å². The molecular weight excluding hydrogens is 268 g/mol. The Balaban J connectivity index is 3.53. The van der Waals surface area contributed by atoms with Gasteiger partial charge in [0, 0.05) is 21.9 Å². The van der Waals surface area contributed by atoms with Gasteiger partial charge in [-0.05, 0) is 25.7 Å². The number of rotatable bonds is 8. The fourth-order valence-corrected chi connectivity index (χ4v) is 3.13. The van der Waals surface area contributed by atoms with Crippen LogP contribution in [0.25, 0.3) is 0 Å². The molecule has 1 N–H and O–H groups in total. The van der Waals surface area contributed by atoms with Gasteiger partial charge in [0.05, 0.1) is 5.69 Å². The van der Waals surface area contributed by atoms with E-state index in [1.807, 2.05) is 0 Å². The second-order valence-corrected chi connectivity index (χ2v) is 8.45. The third-order valence-electron chi connectivity index (χ3n) is 5.91. The van der Waals surface area contributed by atoms with Crippen molar-refractivity contribution in [2.24, 2.45) is 0 Å². The van der Waals surface area contributed by atoms with Crippen molar-refractivity contribution in [3.63, 3.8) is 0 Å². The molecule has 0 unspecified atom stereocenters. The molecule has 22 heavy (non-hydrogen) atoms. The Kier molecular flexibility index (Phi) is 5.92. The maximum Gasteiger partial charge on any atom is 0.112 e. The number of nitrogens with one attached hydrogen (secondary N) is 1. The molecule has 128 valence electrons. The minimum absolute atomic E-state index is 0.109. The van der Waals surface area contributed by atoms with E-state index in [2.05, 4.69) is 67.3 Å². The van der Waals surface area contributed by atoms with Gasteiger partial charge in [0.25, 0.3) is 0 Å². The van der Waals surface area contributed by atoms with E-state index in [0.29, 0.717) is 0 Å². The molecule has 0 aliphatic carbocycles. The Morgan fingerprint density at radius 1 is 0.818 bits per heavy atom. The van der Waals surface area contributed by atoms with Crippen molar-refractivity contribution in [1.29, 1.82) is 0 Å². The summed E-state index contributed by atoms with van der Waals surface area (Å²) in [6, 6.07) is 0. The summed E-state index contributed by atoms with van der Waals surface area (Å²) < 4.78 is 0. The summed E-state index contributed by atoms with van der Waals surface area (Å²) in [6.45, 7) is 20.8. The lowest BCUT2D eigenvalue weighted by atomic mass is 9.74. The monoisotopic (exact) mass is 306 g/mol. The van der Waals surface area contributed by atoms with Gasteiger partial charge in [-0.25, -0.2) is 4.98 Å². The molecule has 1 heterocycles. The second kappa shape index (κ2) is 6.76. The highest BCUT2D eigenvalue weighted by Crippen LogP contribution is 2.40. The summed E-state index contributed by atoms with van der Waals surface area (Å²) in [4.78, 5) is 8.92. The first kappa shape index (κ1) is 19.3. The summed E-state index contributed by atoms with van der Waals surface area (Å²) in [5, 5.41) is 0. The van der Waals surface area contributed by atoms with Crippen LogP contribution >= 0.6 is 0 Å². The Morgan fingerprint density at radius 2 is 1.36 bits per heavy atom. The third-order valence-corrected chi connectivity index (χ3v) is 5.91. The lowest BCUT2D eigenvalue weighted by Crippen LogP contribution is -2.27. The molecular formula is C20H38N2. The topological polar surface area (TPSA) is 28.7 Å². The summed E-state index contributed by atoms with van der Waals surface area (Å²) in [5.74, 6) is 1.16. The number of hydrogen-bond acceptors (Lipinski definition) is 1. The molecule has 0 saturated heterocycles. The quantitative estimate of drug-likeness (QED) is 0.604. The minimum atomic E-state index is 0.109. The fourth-order valence-electron chi connectivity index (χ4n) is 3.13.